The van der Waals surface area contributed by atoms with Crippen molar-refractivity contribution in [2.24, 2.45) is 11.3 Å². The van der Waals surface area contributed by atoms with Crippen molar-refractivity contribution in [2.75, 3.05) is 39.9 Å². The SMILES string of the molecule is CN(CC1CCOCC1)CC1(CNC2CC2)CCCC1. The Balaban J connectivity index is 1.46. The van der Waals surface area contributed by atoms with E-state index in [1.165, 1.54) is 71.0 Å². The van der Waals surface area contributed by atoms with Crippen LogP contribution in [0, 0.1) is 11.3 Å². The molecule has 1 aliphatic heterocycles. The van der Waals surface area contributed by atoms with E-state index in [0.29, 0.717) is 5.41 Å². The fraction of sp³-hybridized carbons (Fsp3) is 1.00. The third kappa shape index (κ3) is 4.19. The van der Waals surface area contributed by atoms with Crippen LogP contribution in [0.4, 0.5) is 0 Å². The number of hydrogen-bond donors (Lipinski definition) is 1. The normalized spacial score (nSPS) is 27.3. The zero-order valence-corrected chi connectivity index (χ0v) is 13.2. The molecule has 0 bridgehead atoms. The van der Waals surface area contributed by atoms with Gasteiger partial charge in [0.15, 0.2) is 0 Å². The molecule has 20 heavy (non-hydrogen) atoms. The van der Waals surface area contributed by atoms with Crippen LogP contribution >= 0.6 is 0 Å². The van der Waals surface area contributed by atoms with Crippen molar-refractivity contribution in [3.63, 3.8) is 0 Å². The van der Waals surface area contributed by atoms with Gasteiger partial charge >= 0.3 is 0 Å². The second kappa shape index (κ2) is 6.76. The highest BCUT2D eigenvalue weighted by Gasteiger charge is 2.36. The first kappa shape index (κ1) is 14.8. The van der Waals surface area contributed by atoms with Crippen molar-refractivity contribution in [1.82, 2.24) is 10.2 Å². The van der Waals surface area contributed by atoms with Crippen LogP contribution in [0.5, 0.6) is 0 Å². The number of rotatable bonds is 7. The van der Waals surface area contributed by atoms with Gasteiger partial charge in [0.1, 0.15) is 0 Å². The summed E-state index contributed by atoms with van der Waals surface area (Å²) in [5, 5.41) is 3.80. The number of ether oxygens (including phenoxy) is 1. The summed E-state index contributed by atoms with van der Waals surface area (Å²) < 4.78 is 5.48. The molecular formula is C17H32N2O. The minimum absolute atomic E-state index is 0.572. The second-order valence-electron chi connectivity index (χ2n) is 7.61. The van der Waals surface area contributed by atoms with E-state index in [1.54, 1.807) is 0 Å². The average molecular weight is 280 g/mol. The summed E-state index contributed by atoms with van der Waals surface area (Å²) in [4.78, 5) is 2.62. The van der Waals surface area contributed by atoms with Gasteiger partial charge in [-0.1, -0.05) is 12.8 Å². The molecular weight excluding hydrogens is 248 g/mol. The fourth-order valence-electron chi connectivity index (χ4n) is 4.17. The van der Waals surface area contributed by atoms with Crippen LogP contribution in [0.3, 0.4) is 0 Å². The molecule has 3 heteroatoms. The van der Waals surface area contributed by atoms with Crippen LogP contribution in [0.25, 0.3) is 0 Å². The Morgan fingerprint density at radius 1 is 1.10 bits per heavy atom. The van der Waals surface area contributed by atoms with Crippen LogP contribution in [-0.4, -0.2) is 50.8 Å². The summed E-state index contributed by atoms with van der Waals surface area (Å²) in [7, 11) is 2.34. The lowest BCUT2D eigenvalue weighted by Crippen LogP contribution is -2.43. The fourth-order valence-corrected chi connectivity index (χ4v) is 4.17. The maximum atomic E-state index is 5.48. The highest BCUT2D eigenvalue weighted by Crippen LogP contribution is 2.39. The molecule has 1 N–H and O–H groups in total. The Bertz CT molecular complexity index is 291. The molecule has 3 fully saturated rings. The zero-order valence-electron chi connectivity index (χ0n) is 13.2. The van der Waals surface area contributed by atoms with Crippen molar-refractivity contribution in [3.05, 3.63) is 0 Å². The first-order chi connectivity index (χ1) is 9.76. The molecule has 0 spiro atoms. The van der Waals surface area contributed by atoms with Gasteiger partial charge in [-0.15, -0.1) is 0 Å². The molecule has 0 atom stereocenters. The van der Waals surface area contributed by atoms with E-state index in [2.05, 4.69) is 17.3 Å². The Morgan fingerprint density at radius 3 is 2.45 bits per heavy atom. The van der Waals surface area contributed by atoms with Gasteiger partial charge in [-0.3, -0.25) is 0 Å². The molecule has 1 heterocycles. The van der Waals surface area contributed by atoms with Gasteiger partial charge in [-0.05, 0) is 56.9 Å². The molecule has 2 saturated carbocycles. The first-order valence-electron chi connectivity index (χ1n) is 8.75. The Labute approximate surface area is 124 Å². The standard InChI is InChI=1S/C17H32N2O/c1-19(12-15-6-10-20-11-7-15)14-17(8-2-3-9-17)13-18-16-4-5-16/h15-16,18H,2-14H2,1H3. The van der Waals surface area contributed by atoms with Crippen molar-refractivity contribution < 1.29 is 4.74 Å². The van der Waals surface area contributed by atoms with Gasteiger partial charge in [-0.2, -0.15) is 0 Å². The van der Waals surface area contributed by atoms with E-state index in [0.717, 1.165) is 25.2 Å². The molecule has 3 nitrogen and oxygen atoms in total. The Hall–Kier alpha value is -0.120. The summed E-state index contributed by atoms with van der Waals surface area (Å²) in [5.41, 5.74) is 0.572. The lowest BCUT2D eigenvalue weighted by molar-refractivity contribution is 0.0494. The summed E-state index contributed by atoms with van der Waals surface area (Å²) in [6.45, 7) is 5.79. The van der Waals surface area contributed by atoms with Crippen LogP contribution in [0.2, 0.25) is 0 Å². The van der Waals surface area contributed by atoms with Crippen molar-refractivity contribution in [2.45, 2.75) is 57.4 Å². The summed E-state index contributed by atoms with van der Waals surface area (Å²) in [6.07, 6.45) is 11.1. The van der Waals surface area contributed by atoms with E-state index in [1.807, 2.05) is 0 Å². The Morgan fingerprint density at radius 2 is 1.80 bits per heavy atom. The molecule has 2 aliphatic carbocycles. The largest absolute Gasteiger partial charge is 0.381 e. The molecule has 3 rings (SSSR count). The molecule has 116 valence electrons. The summed E-state index contributed by atoms with van der Waals surface area (Å²) in [5.74, 6) is 0.864. The molecule has 0 unspecified atom stereocenters. The molecule has 0 aromatic rings. The zero-order chi connectivity index (χ0) is 13.8. The summed E-state index contributed by atoms with van der Waals surface area (Å²) in [6, 6.07) is 0.855. The van der Waals surface area contributed by atoms with Gasteiger partial charge in [0.05, 0.1) is 0 Å². The molecule has 3 aliphatic rings. The molecule has 0 amide bonds. The van der Waals surface area contributed by atoms with E-state index in [-0.39, 0.29) is 0 Å². The van der Waals surface area contributed by atoms with Crippen LogP contribution < -0.4 is 5.32 Å². The van der Waals surface area contributed by atoms with E-state index < -0.39 is 0 Å². The molecule has 0 aromatic carbocycles. The smallest absolute Gasteiger partial charge is 0.0469 e. The number of hydrogen-bond acceptors (Lipinski definition) is 3. The monoisotopic (exact) mass is 280 g/mol. The maximum absolute atomic E-state index is 5.48. The van der Waals surface area contributed by atoms with E-state index in [4.69, 9.17) is 4.74 Å². The quantitative estimate of drug-likeness (QED) is 0.776. The van der Waals surface area contributed by atoms with Gasteiger partial charge in [0, 0.05) is 38.9 Å². The third-order valence-corrected chi connectivity index (χ3v) is 5.52. The number of nitrogens with zero attached hydrogens (tertiary/aromatic N) is 1. The average Bonchev–Trinajstić information content (AvgIpc) is 3.18. The van der Waals surface area contributed by atoms with Crippen LogP contribution in [-0.2, 0) is 4.74 Å². The van der Waals surface area contributed by atoms with E-state index in [9.17, 15) is 0 Å². The predicted octanol–water partition coefficient (Wildman–Crippen LogP) is 2.66. The molecule has 0 radical (unpaired) electrons. The summed E-state index contributed by atoms with van der Waals surface area (Å²) >= 11 is 0. The van der Waals surface area contributed by atoms with Gasteiger partial charge in [-0.25, -0.2) is 0 Å². The minimum Gasteiger partial charge on any atom is -0.381 e. The van der Waals surface area contributed by atoms with E-state index >= 15 is 0 Å². The highest BCUT2D eigenvalue weighted by molar-refractivity contribution is 4.92. The van der Waals surface area contributed by atoms with Crippen molar-refractivity contribution >= 4 is 0 Å². The Kier molecular flexibility index (Phi) is 5.00. The lowest BCUT2D eigenvalue weighted by atomic mass is 9.85. The number of nitrogens with one attached hydrogen (secondary N) is 1. The third-order valence-electron chi connectivity index (χ3n) is 5.52. The highest BCUT2D eigenvalue weighted by atomic mass is 16.5. The molecule has 0 aromatic heterocycles. The van der Waals surface area contributed by atoms with Crippen LogP contribution in [0.15, 0.2) is 0 Å². The van der Waals surface area contributed by atoms with Crippen molar-refractivity contribution in [1.29, 1.82) is 0 Å². The topological polar surface area (TPSA) is 24.5 Å². The first-order valence-corrected chi connectivity index (χ1v) is 8.75. The second-order valence-corrected chi connectivity index (χ2v) is 7.61. The maximum Gasteiger partial charge on any atom is 0.0469 e. The minimum atomic E-state index is 0.572. The van der Waals surface area contributed by atoms with Gasteiger partial charge < -0.3 is 15.0 Å². The van der Waals surface area contributed by atoms with Gasteiger partial charge in [0.25, 0.3) is 0 Å². The molecule has 1 saturated heterocycles. The van der Waals surface area contributed by atoms with Gasteiger partial charge in [0.2, 0.25) is 0 Å². The lowest BCUT2D eigenvalue weighted by Gasteiger charge is -2.36. The van der Waals surface area contributed by atoms with Crippen LogP contribution in [0.1, 0.15) is 51.4 Å². The predicted molar refractivity (Wildman–Crippen MR) is 83.0 cm³/mol. The van der Waals surface area contributed by atoms with Crippen molar-refractivity contribution in [3.8, 4) is 0 Å².